The van der Waals surface area contributed by atoms with Gasteiger partial charge in [0.2, 0.25) is 5.96 Å². The maximum absolute atomic E-state index is 7.05. The van der Waals surface area contributed by atoms with Crippen LogP contribution in [0.3, 0.4) is 0 Å². The van der Waals surface area contributed by atoms with Gasteiger partial charge in [-0.15, -0.1) is 0 Å². The lowest BCUT2D eigenvalue weighted by molar-refractivity contribution is 0.257. The van der Waals surface area contributed by atoms with Gasteiger partial charge in [-0.1, -0.05) is 12.1 Å². The summed E-state index contributed by atoms with van der Waals surface area (Å²) in [6.07, 6.45) is 5.29. The monoisotopic (exact) mass is 612 g/mol. The summed E-state index contributed by atoms with van der Waals surface area (Å²) in [5.41, 5.74) is 9.08. The molecule has 10 heteroatoms. The number of amidine groups is 1. The van der Waals surface area contributed by atoms with Crippen molar-refractivity contribution in [1.82, 2.24) is 24.9 Å². The molecule has 2 aliphatic heterocycles. The van der Waals surface area contributed by atoms with Gasteiger partial charge in [0.25, 0.3) is 0 Å². The zero-order chi connectivity index (χ0) is 32.1. The molecule has 10 nitrogen and oxygen atoms in total. The zero-order valence-electron chi connectivity index (χ0n) is 27.3. The predicted octanol–water partition coefficient (Wildman–Crippen LogP) is 5.75. The van der Waals surface area contributed by atoms with E-state index in [1.807, 2.05) is 32.3 Å². The molecule has 7 rings (SSSR count). The molecule has 2 aromatic carbocycles. The first-order valence-electron chi connectivity index (χ1n) is 15.7. The molecular formula is C36H40N10. The molecule has 1 fully saturated rings. The number of likely N-dealkylation sites (tertiary alicyclic amines) is 1. The van der Waals surface area contributed by atoms with Crippen molar-refractivity contribution >= 4 is 45.0 Å². The molecule has 3 aromatic heterocycles. The van der Waals surface area contributed by atoms with E-state index < -0.39 is 6.17 Å². The largest absolute Gasteiger partial charge is 0.377 e. The molecule has 0 spiro atoms. The van der Waals surface area contributed by atoms with Gasteiger partial charge >= 0.3 is 0 Å². The van der Waals surface area contributed by atoms with Crippen LogP contribution in [0.2, 0.25) is 0 Å². The van der Waals surface area contributed by atoms with Crippen molar-refractivity contribution in [1.29, 1.82) is 0 Å². The Morgan fingerprint density at radius 2 is 1.48 bits per heavy atom. The Morgan fingerprint density at radius 3 is 2.13 bits per heavy atom. The zero-order valence-corrected chi connectivity index (χ0v) is 27.3. The number of guanidine groups is 1. The first kappa shape index (κ1) is 29.6. The maximum Gasteiger partial charge on any atom is 0.220 e. The van der Waals surface area contributed by atoms with Crippen LogP contribution in [0.15, 0.2) is 83.0 Å². The third-order valence-corrected chi connectivity index (χ3v) is 8.90. The molecular weight excluding hydrogens is 572 g/mol. The smallest absolute Gasteiger partial charge is 0.220 e. The van der Waals surface area contributed by atoms with Gasteiger partial charge in [0.15, 0.2) is 12.0 Å². The van der Waals surface area contributed by atoms with Gasteiger partial charge in [-0.25, -0.2) is 10.8 Å². The summed E-state index contributed by atoms with van der Waals surface area (Å²) >= 11 is 0. The van der Waals surface area contributed by atoms with E-state index in [9.17, 15) is 0 Å². The number of pyridine rings is 3. The van der Waals surface area contributed by atoms with Crippen molar-refractivity contribution in [2.75, 3.05) is 44.5 Å². The fourth-order valence-corrected chi connectivity index (χ4v) is 6.71. The van der Waals surface area contributed by atoms with Crippen LogP contribution in [-0.2, 0) is 0 Å². The van der Waals surface area contributed by atoms with Gasteiger partial charge in [-0.3, -0.25) is 20.0 Å². The van der Waals surface area contributed by atoms with Crippen LogP contribution in [0, 0.1) is 13.8 Å². The highest BCUT2D eigenvalue weighted by Gasteiger charge is 2.36. The van der Waals surface area contributed by atoms with Gasteiger partial charge in [0.05, 0.1) is 17.1 Å². The Hall–Kier alpha value is -5.09. The molecule has 46 heavy (non-hydrogen) atoms. The fraction of sp³-hybridized carbons (Fsp3) is 0.306. The number of benzene rings is 2. The van der Waals surface area contributed by atoms with Crippen molar-refractivity contribution < 1.29 is 0 Å². The summed E-state index contributed by atoms with van der Waals surface area (Å²) in [4.78, 5) is 31.0. The van der Waals surface area contributed by atoms with E-state index in [-0.39, 0.29) is 6.04 Å². The highest BCUT2D eigenvalue weighted by atomic mass is 15.6. The summed E-state index contributed by atoms with van der Waals surface area (Å²) in [5, 5.41) is 3.84. The van der Waals surface area contributed by atoms with Gasteiger partial charge in [0, 0.05) is 86.2 Å². The number of nitrogens with two attached hydrogens (primary N) is 1. The van der Waals surface area contributed by atoms with Crippen molar-refractivity contribution in [2.45, 2.75) is 38.9 Å². The first-order valence-corrected chi connectivity index (χ1v) is 15.7. The van der Waals surface area contributed by atoms with E-state index >= 15 is 0 Å². The number of aliphatic imine (C=N–C) groups is 2. The van der Waals surface area contributed by atoms with E-state index in [0.717, 1.165) is 80.6 Å². The minimum atomic E-state index is -0.501. The number of hydrogen-bond donors (Lipinski definition) is 1. The molecule has 0 radical (unpaired) electrons. The van der Waals surface area contributed by atoms with Gasteiger partial charge in [-0.05, 0) is 86.3 Å². The fourth-order valence-electron chi connectivity index (χ4n) is 6.71. The number of hydrogen-bond acceptors (Lipinski definition) is 10. The van der Waals surface area contributed by atoms with Gasteiger partial charge in [-0.2, -0.15) is 4.99 Å². The number of anilines is 2. The average molecular weight is 613 g/mol. The number of nitrogens with zero attached hydrogens (tertiary/aromatic N) is 9. The lowest BCUT2D eigenvalue weighted by atomic mass is 10.0. The Balaban J connectivity index is 1.40. The Bertz CT molecular complexity index is 2000. The summed E-state index contributed by atoms with van der Waals surface area (Å²) in [6, 6.07) is 21.1. The lowest BCUT2D eigenvalue weighted by Gasteiger charge is -2.38. The van der Waals surface area contributed by atoms with Crippen molar-refractivity contribution in [2.24, 2.45) is 15.8 Å². The van der Waals surface area contributed by atoms with Crippen LogP contribution in [0.1, 0.15) is 53.1 Å². The summed E-state index contributed by atoms with van der Waals surface area (Å²) < 4.78 is 0. The average Bonchev–Trinajstić information content (AvgIpc) is 3.54. The maximum atomic E-state index is 7.05. The van der Waals surface area contributed by atoms with Crippen molar-refractivity contribution in [3.63, 3.8) is 0 Å². The first-order chi connectivity index (χ1) is 22.2. The molecule has 0 bridgehead atoms. The number of rotatable bonds is 5. The Labute approximate surface area is 269 Å². The lowest BCUT2D eigenvalue weighted by Crippen LogP contribution is -2.51. The van der Waals surface area contributed by atoms with Crippen LogP contribution in [0.4, 0.5) is 11.4 Å². The Morgan fingerprint density at radius 1 is 0.804 bits per heavy atom. The molecule has 0 amide bonds. The van der Waals surface area contributed by atoms with Crippen LogP contribution in [0.25, 0.3) is 21.8 Å². The number of aryl methyl sites for hydroxylation is 2. The van der Waals surface area contributed by atoms with Crippen molar-refractivity contribution in [3.8, 4) is 0 Å². The molecule has 5 aromatic rings. The molecule has 5 heterocycles. The van der Waals surface area contributed by atoms with E-state index in [2.05, 4.69) is 102 Å². The molecule has 2 aliphatic rings. The standard InChI is InChI=1S/C36H40N10/c1-22-17-32(43(3)4)27-19-24(11-13-29(27)39-22)34-41-35(25-12-14-30-28(20-25)33(44(5)6)18-23(2)40-30)46(37)36(42-34)45-16-8-10-31(45)26-9-7-15-38-21-26/h7,9,11-15,17-21,31,35H,8,10,16,37H2,1-6H3. The minimum absolute atomic E-state index is 0.117. The second-order valence-electron chi connectivity index (χ2n) is 12.6. The highest BCUT2D eigenvalue weighted by Crippen LogP contribution is 2.37. The molecule has 2 unspecified atom stereocenters. The summed E-state index contributed by atoms with van der Waals surface area (Å²) in [7, 11) is 8.23. The molecule has 0 saturated carbocycles. The SMILES string of the molecule is Cc1cc(N(C)C)c2cc(C3=NC(c4ccc5nc(C)cc(N(C)C)c5c4)N(N)C(N4CCCC4c4cccnc4)=N3)ccc2n1. The minimum Gasteiger partial charge on any atom is -0.377 e. The van der Waals surface area contributed by atoms with Crippen LogP contribution in [0.5, 0.6) is 0 Å². The van der Waals surface area contributed by atoms with Crippen LogP contribution >= 0.6 is 0 Å². The van der Waals surface area contributed by atoms with Gasteiger partial charge in [0.1, 0.15) is 0 Å². The Kier molecular flexibility index (Phi) is 7.52. The number of fused-ring (bicyclic) bond motifs is 2. The van der Waals surface area contributed by atoms with Crippen molar-refractivity contribution in [3.05, 3.63) is 101 Å². The van der Waals surface area contributed by atoms with E-state index in [1.54, 1.807) is 5.01 Å². The quantitative estimate of drug-likeness (QED) is 0.250. The molecule has 2 N–H and O–H groups in total. The third kappa shape index (κ3) is 5.28. The van der Waals surface area contributed by atoms with E-state index in [0.29, 0.717) is 11.8 Å². The van der Waals surface area contributed by atoms with Crippen LogP contribution < -0.4 is 15.6 Å². The second-order valence-corrected chi connectivity index (χ2v) is 12.6. The topological polar surface area (TPSA) is 102 Å². The summed E-state index contributed by atoms with van der Waals surface area (Å²) in [6.45, 7) is 4.89. The normalized spacial score (nSPS) is 18.2. The number of hydrazine groups is 1. The molecule has 234 valence electrons. The van der Waals surface area contributed by atoms with E-state index in [1.165, 1.54) is 0 Å². The molecule has 0 aliphatic carbocycles. The van der Waals surface area contributed by atoms with Gasteiger partial charge < -0.3 is 14.7 Å². The second kappa shape index (κ2) is 11.7. The predicted molar refractivity (Wildman–Crippen MR) is 187 cm³/mol. The molecule has 2 atom stereocenters. The summed E-state index contributed by atoms with van der Waals surface area (Å²) in [5.74, 6) is 8.39. The highest BCUT2D eigenvalue weighted by molar-refractivity contribution is 6.10. The van der Waals surface area contributed by atoms with Crippen LogP contribution in [-0.4, -0.2) is 71.4 Å². The number of aromatic nitrogens is 3. The molecule has 1 saturated heterocycles. The van der Waals surface area contributed by atoms with E-state index in [4.69, 9.17) is 25.8 Å². The third-order valence-electron chi connectivity index (χ3n) is 8.90.